The molecule has 14 heavy (non-hydrogen) atoms. The summed E-state index contributed by atoms with van der Waals surface area (Å²) in [5.74, 6) is 0. The van der Waals surface area contributed by atoms with Crippen LogP contribution in [0.2, 0.25) is 0 Å². The van der Waals surface area contributed by atoms with Crippen molar-refractivity contribution in [2.24, 2.45) is 0 Å². The number of methoxy groups -OCH3 is 1. The molecule has 0 aromatic rings. The van der Waals surface area contributed by atoms with Gasteiger partial charge >= 0.3 is 0 Å². The van der Waals surface area contributed by atoms with Gasteiger partial charge in [-0.2, -0.15) is 12.7 Å². The van der Waals surface area contributed by atoms with E-state index < -0.39 is 16.3 Å². The monoisotopic (exact) mass is 226 g/mol. The molecule has 0 saturated heterocycles. The summed E-state index contributed by atoms with van der Waals surface area (Å²) in [6.45, 7) is 0.411. The average molecular weight is 226 g/mol. The van der Waals surface area contributed by atoms with Gasteiger partial charge in [-0.05, 0) is 6.42 Å². The topological polar surface area (TPSA) is 78.9 Å². The Labute approximate surface area is 85.0 Å². The lowest BCUT2D eigenvalue weighted by Crippen LogP contribution is -2.37. The molecule has 0 aliphatic heterocycles. The van der Waals surface area contributed by atoms with Gasteiger partial charge in [-0.25, -0.2) is 4.72 Å². The van der Waals surface area contributed by atoms with Crippen LogP contribution in [0.4, 0.5) is 0 Å². The summed E-state index contributed by atoms with van der Waals surface area (Å²) in [6, 6.07) is 0. The fourth-order valence-electron chi connectivity index (χ4n) is 0.759. The van der Waals surface area contributed by atoms with Crippen LogP contribution in [-0.2, 0) is 14.9 Å². The number of aliphatic hydroxyl groups is 1. The highest BCUT2D eigenvalue weighted by molar-refractivity contribution is 7.87. The molecule has 2 N–H and O–H groups in total. The number of ether oxygens (including phenoxy) is 1. The molecule has 0 saturated carbocycles. The molecule has 0 aliphatic rings. The Morgan fingerprint density at radius 1 is 1.50 bits per heavy atom. The molecule has 0 fully saturated rings. The lowest BCUT2D eigenvalue weighted by molar-refractivity contribution is 0.0603. The first-order valence-electron chi connectivity index (χ1n) is 4.24. The first-order valence-corrected chi connectivity index (χ1v) is 5.68. The second kappa shape index (κ2) is 6.31. The fraction of sp³-hybridized carbons (Fsp3) is 1.00. The molecule has 0 spiro atoms. The van der Waals surface area contributed by atoms with Gasteiger partial charge in [0.15, 0.2) is 0 Å². The van der Waals surface area contributed by atoms with Gasteiger partial charge in [0.1, 0.15) is 0 Å². The summed E-state index contributed by atoms with van der Waals surface area (Å²) in [6.07, 6.45) is -0.300. The highest BCUT2D eigenvalue weighted by Crippen LogP contribution is 1.93. The van der Waals surface area contributed by atoms with Crippen LogP contribution in [0, 0.1) is 0 Å². The van der Waals surface area contributed by atoms with E-state index in [1.54, 1.807) is 0 Å². The van der Waals surface area contributed by atoms with Crippen LogP contribution in [0.15, 0.2) is 0 Å². The van der Waals surface area contributed by atoms with Gasteiger partial charge in [0.05, 0.1) is 12.7 Å². The average Bonchev–Trinajstić information content (AvgIpc) is 2.04. The molecule has 7 heteroatoms. The van der Waals surface area contributed by atoms with Crippen molar-refractivity contribution in [2.75, 3.05) is 34.4 Å². The number of nitrogens with one attached hydrogen (secondary N) is 1. The van der Waals surface area contributed by atoms with E-state index in [0.29, 0.717) is 6.42 Å². The van der Waals surface area contributed by atoms with E-state index in [2.05, 4.69) is 4.72 Å². The van der Waals surface area contributed by atoms with Gasteiger partial charge in [0.25, 0.3) is 10.2 Å². The Kier molecular flexibility index (Phi) is 6.21. The first kappa shape index (κ1) is 13.8. The van der Waals surface area contributed by atoms with Crippen LogP contribution in [0.3, 0.4) is 0 Å². The molecule has 1 atom stereocenters. The van der Waals surface area contributed by atoms with Crippen LogP contribution in [0.25, 0.3) is 0 Å². The zero-order valence-electron chi connectivity index (χ0n) is 8.73. The van der Waals surface area contributed by atoms with E-state index in [0.717, 1.165) is 4.31 Å². The number of nitrogens with zero attached hydrogens (tertiary/aromatic N) is 1. The third kappa shape index (κ3) is 5.51. The molecule has 0 amide bonds. The van der Waals surface area contributed by atoms with Crippen molar-refractivity contribution in [3.05, 3.63) is 0 Å². The Hall–Kier alpha value is -0.210. The van der Waals surface area contributed by atoms with Crippen molar-refractivity contribution in [2.45, 2.75) is 12.5 Å². The summed E-state index contributed by atoms with van der Waals surface area (Å²) in [5, 5.41) is 9.21. The standard InChI is InChI=1S/C7H18N2O4S/c1-9(2)14(11,12)8-5-4-7(10)6-13-3/h7-8,10H,4-6H2,1-3H3. The predicted molar refractivity (Wildman–Crippen MR) is 53.1 cm³/mol. The Bertz CT molecular complexity index is 240. The minimum absolute atomic E-state index is 0.199. The summed E-state index contributed by atoms with van der Waals surface area (Å²) in [4.78, 5) is 0. The van der Waals surface area contributed by atoms with Crippen molar-refractivity contribution in [1.82, 2.24) is 9.03 Å². The number of rotatable bonds is 7. The van der Waals surface area contributed by atoms with Crippen molar-refractivity contribution >= 4 is 10.2 Å². The molecular formula is C7H18N2O4S. The van der Waals surface area contributed by atoms with Gasteiger partial charge in [0.2, 0.25) is 0 Å². The van der Waals surface area contributed by atoms with Crippen LogP contribution in [0.5, 0.6) is 0 Å². The number of aliphatic hydroxyl groups excluding tert-OH is 1. The predicted octanol–water partition coefficient (Wildman–Crippen LogP) is -1.22. The maximum absolute atomic E-state index is 11.2. The second-order valence-electron chi connectivity index (χ2n) is 3.08. The molecular weight excluding hydrogens is 208 g/mol. The van der Waals surface area contributed by atoms with Gasteiger partial charge in [-0.15, -0.1) is 0 Å². The molecule has 0 aromatic carbocycles. The third-order valence-corrected chi connectivity index (χ3v) is 3.13. The highest BCUT2D eigenvalue weighted by atomic mass is 32.2. The SMILES string of the molecule is COCC(O)CCNS(=O)(=O)N(C)C. The van der Waals surface area contributed by atoms with Crippen molar-refractivity contribution in [3.8, 4) is 0 Å². The van der Waals surface area contributed by atoms with Crippen molar-refractivity contribution < 1.29 is 18.3 Å². The molecule has 0 rings (SSSR count). The van der Waals surface area contributed by atoms with E-state index in [1.807, 2.05) is 0 Å². The van der Waals surface area contributed by atoms with Gasteiger partial charge in [-0.1, -0.05) is 0 Å². The maximum atomic E-state index is 11.2. The molecule has 86 valence electrons. The van der Waals surface area contributed by atoms with Crippen molar-refractivity contribution in [3.63, 3.8) is 0 Å². The Morgan fingerprint density at radius 2 is 2.07 bits per heavy atom. The van der Waals surface area contributed by atoms with Crippen molar-refractivity contribution in [1.29, 1.82) is 0 Å². The Balaban J connectivity index is 3.74. The van der Waals surface area contributed by atoms with E-state index in [-0.39, 0.29) is 13.2 Å². The first-order chi connectivity index (χ1) is 6.40. The van der Waals surface area contributed by atoms with Gasteiger partial charge < -0.3 is 9.84 Å². The van der Waals surface area contributed by atoms with Gasteiger partial charge in [-0.3, -0.25) is 0 Å². The zero-order chi connectivity index (χ0) is 11.2. The second-order valence-corrected chi connectivity index (χ2v) is 5.05. The molecule has 1 unspecified atom stereocenters. The lowest BCUT2D eigenvalue weighted by atomic mass is 10.3. The summed E-state index contributed by atoms with van der Waals surface area (Å²) >= 11 is 0. The van der Waals surface area contributed by atoms with Crippen LogP contribution >= 0.6 is 0 Å². The van der Waals surface area contributed by atoms with E-state index in [1.165, 1.54) is 21.2 Å². The Morgan fingerprint density at radius 3 is 2.50 bits per heavy atom. The normalized spacial score (nSPS) is 14.6. The number of hydrogen-bond acceptors (Lipinski definition) is 4. The zero-order valence-corrected chi connectivity index (χ0v) is 9.54. The summed E-state index contributed by atoms with van der Waals surface area (Å²) in [7, 11) is 0.979. The highest BCUT2D eigenvalue weighted by Gasteiger charge is 2.12. The largest absolute Gasteiger partial charge is 0.391 e. The minimum atomic E-state index is -3.38. The molecule has 0 radical (unpaired) electrons. The molecule has 0 bridgehead atoms. The molecule has 0 aromatic heterocycles. The van der Waals surface area contributed by atoms with Crippen LogP contribution in [0.1, 0.15) is 6.42 Å². The lowest BCUT2D eigenvalue weighted by Gasteiger charge is -2.13. The summed E-state index contributed by atoms with van der Waals surface area (Å²) in [5.41, 5.74) is 0. The van der Waals surface area contributed by atoms with Gasteiger partial charge in [0, 0.05) is 27.7 Å². The quantitative estimate of drug-likeness (QED) is 0.570. The van der Waals surface area contributed by atoms with Crippen LogP contribution in [-0.4, -0.2) is 58.3 Å². The maximum Gasteiger partial charge on any atom is 0.278 e. The van der Waals surface area contributed by atoms with E-state index >= 15 is 0 Å². The molecule has 6 nitrogen and oxygen atoms in total. The molecule has 0 aliphatic carbocycles. The molecule has 0 heterocycles. The third-order valence-electron chi connectivity index (χ3n) is 1.60. The van der Waals surface area contributed by atoms with Crippen LogP contribution < -0.4 is 4.72 Å². The number of hydrogen-bond donors (Lipinski definition) is 2. The summed E-state index contributed by atoms with van der Waals surface area (Å²) < 4.78 is 30.4. The van der Waals surface area contributed by atoms with E-state index in [4.69, 9.17) is 4.74 Å². The smallest absolute Gasteiger partial charge is 0.278 e. The fourth-order valence-corrected chi connectivity index (χ4v) is 1.39. The minimum Gasteiger partial charge on any atom is -0.391 e. The van der Waals surface area contributed by atoms with E-state index in [9.17, 15) is 13.5 Å².